The molecule has 2 rings (SSSR count). The van der Waals surface area contributed by atoms with Gasteiger partial charge >= 0.3 is 0 Å². The Kier molecular flexibility index (Phi) is 6.72. The maximum atomic E-state index is 3.89. The highest BCUT2D eigenvalue weighted by Gasteiger charge is 2.32. The van der Waals surface area contributed by atoms with Crippen molar-refractivity contribution in [3.8, 4) is 0 Å². The first-order chi connectivity index (χ1) is 10.2. The van der Waals surface area contributed by atoms with Crippen molar-refractivity contribution in [2.75, 3.05) is 19.6 Å². The molecule has 1 aromatic rings. The largest absolute Gasteiger partial charge is 0.307 e. The lowest BCUT2D eigenvalue weighted by atomic mass is 10.0. The molecule has 1 saturated carbocycles. The number of hydrogen-bond donors (Lipinski definition) is 1. The van der Waals surface area contributed by atoms with Crippen molar-refractivity contribution in [1.82, 2.24) is 10.2 Å². The van der Waals surface area contributed by atoms with Gasteiger partial charge in [0.2, 0.25) is 0 Å². The molecule has 1 aliphatic rings. The van der Waals surface area contributed by atoms with Gasteiger partial charge < -0.3 is 10.2 Å². The molecular formula is C19H32N2. The van der Waals surface area contributed by atoms with Crippen LogP contribution in [0.2, 0.25) is 0 Å². The lowest BCUT2D eigenvalue weighted by Gasteiger charge is -2.25. The molecule has 21 heavy (non-hydrogen) atoms. The fourth-order valence-corrected chi connectivity index (χ4v) is 3.15. The van der Waals surface area contributed by atoms with Crippen molar-refractivity contribution in [2.45, 2.75) is 58.5 Å². The van der Waals surface area contributed by atoms with Gasteiger partial charge in [0, 0.05) is 12.1 Å². The molecule has 0 aromatic heterocycles. The Labute approximate surface area is 130 Å². The van der Waals surface area contributed by atoms with Crippen molar-refractivity contribution in [2.24, 2.45) is 5.92 Å². The zero-order valence-electron chi connectivity index (χ0n) is 14.0. The van der Waals surface area contributed by atoms with E-state index in [1.54, 1.807) is 0 Å². The molecule has 0 amide bonds. The molecule has 118 valence electrons. The highest BCUT2D eigenvalue weighted by atomic mass is 15.1. The Morgan fingerprint density at radius 2 is 1.81 bits per heavy atom. The number of benzene rings is 1. The van der Waals surface area contributed by atoms with Gasteiger partial charge in [0.25, 0.3) is 0 Å². The zero-order valence-corrected chi connectivity index (χ0v) is 14.0. The van der Waals surface area contributed by atoms with Crippen molar-refractivity contribution in [3.63, 3.8) is 0 Å². The Hall–Kier alpha value is -0.860. The summed E-state index contributed by atoms with van der Waals surface area (Å²) in [4.78, 5) is 2.52. The van der Waals surface area contributed by atoms with Gasteiger partial charge in [0.15, 0.2) is 0 Å². The number of nitrogens with zero attached hydrogens (tertiary/aromatic N) is 1. The van der Waals surface area contributed by atoms with Crippen LogP contribution in [-0.4, -0.2) is 30.6 Å². The van der Waals surface area contributed by atoms with E-state index in [2.05, 4.69) is 61.3 Å². The van der Waals surface area contributed by atoms with Crippen LogP contribution in [0.3, 0.4) is 0 Å². The summed E-state index contributed by atoms with van der Waals surface area (Å²) in [6, 6.07) is 12.2. The first-order valence-electron chi connectivity index (χ1n) is 8.78. The molecule has 0 spiro atoms. The van der Waals surface area contributed by atoms with Gasteiger partial charge in [-0.25, -0.2) is 0 Å². The van der Waals surface area contributed by atoms with Gasteiger partial charge in [-0.05, 0) is 63.7 Å². The van der Waals surface area contributed by atoms with Gasteiger partial charge in [0.05, 0.1) is 0 Å². The average molecular weight is 288 g/mol. The topological polar surface area (TPSA) is 15.3 Å². The van der Waals surface area contributed by atoms with Crippen molar-refractivity contribution in [3.05, 3.63) is 35.9 Å². The van der Waals surface area contributed by atoms with Crippen LogP contribution in [0.4, 0.5) is 0 Å². The molecule has 0 bridgehead atoms. The first kappa shape index (κ1) is 16.5. The molecule has 0 radical (unpaired) electrons. The van der Waals surface area contributed by atoms with Crippen molar-refractivity contribution in [1.29, 1.82) is 0 Å². The van der Waals surface area contributed by atoms with Crippen LogP contribution in [0.15, 0.2) is 30.3 Å². The number of rotatable bonds is 10. The number of hydrogen-bond acceptors (Lipinski definition) is 2. The van der Waals surface area contributed by atoms with E-state index in [1.807, 2.05) is 0 Å². The standard InChI is InChI=1S/C19H32N2/c1-4-21(5-2)15-9-10-16(3)20-19(18-13-14-18)17-11-7-6-8-12-17/h6-8,11-12,16,18-20H,4-5,9-10,13-15H2,1-3H3. The highest BCUT2D eigenvalue weighted by Crippen LogP contribution is 2.41. The Balaban J connectivity index is 1.78. The van der Waals surface area contributed by atoms with Gasteiger partial charge in [0.1, 0.15) is 0 Å². The van der Waals surface area contributed by atoms with Gasteiger partial charge in [-0.3, -0.25) is 0 Å². The Bertz CT molecular complexity index is 382. The Morgan fingerprint density at radius 3 is 2.38 bits per heavy atom. The second-order valence-electron chi connectivity index (χ2n) is 6.46. The molecule has 1 fully saturated rings. The van der Waals surface area contributed by atoms with E-state index in [4.69, 9.17) is 0 Å². The summed E-state index contributed by atoms with van der Waals surface area (Å²) >= 11 is 0. The Morgan fingerprint density at radius 1 is 1.14 bits per heavy atom. The van der Waals surface area contributed by atoms with E-state index < -0.39 is 0 Å². The monoisotopic (exact) mass is 288 g/mol. The molecule has 2 unspecified atom stereocenters. The summed E-state index contributed by atoms with van der Waals surface area (Å²) in [6.07, 6.45) is 5.34. The van der Waals surface area contributed by atoms with Gasteiger partial charge in [-0.15, -0.1) is 0 Å². The molecule has 0 saturated heterocycles. The molecule has 2 heteroatoms. The van der Waals surface area contributed by atoms with Crippen LogP contribution in [0.1, 0.15) is 58.1 Å². The SMILES string of the molecule is CCN(CC)CCCC(C)NC(c1ccccc1)C1CC1. The van der Waals surface area contributed by atoms with E-state index in [0.29, 0.717) is 12.1 Å². The van der Waals surface area contributed by atoms with Crippen LogP contribution in [0.25, 0.3) is 0 Å². The second kappa shape index (κ2) is 8.55. The minimum atomic E-state index is 0.564. The minimum absolute atomic E-state index is 0.564. The van der Waals surface area contributed by atoms with Gasteiger partial charge in [-0.2, -0.15) is 0 Å². The van der Waals surface area contributed by atoms with E-state index in [0.717, 1.165) is 5.92 Å². The molecule has 2 nitrogen and oxygen atoms in total. The lowest BCUT2D eigenvalue weighted by Crippen LogP contribution is -2.33. The third kappa shape index (κ3) is 5.44. The van der Waals surface area contributed by atoms with Crippen molar-refractivity contribution < 1.29 is 0 Å². The minimum Gasteiger partial charge on any atom is -0.307 e. The first-order valence-corrected chi connectivity index (χ1v) is 8.78. The summed E-state index contributed by atoms with van der Waals surface area (Å²) in [6.45, 7) is 10.4. The smallest absolute Gasteiger partial charge is 0.0350 e. The van der Waals surface area contributed by atoms with Gasteiger partial charge in [-0.1, -0.05) is 44.2 Å². The van der Waals surface area contributed by atoms with Crippen LogP contribution in [-0.2, 0) is 0 Å². The summed E-state index contributed by atoms with van der Waals surface area (Å²) in [7, 11) is 0. The predicted molar refractivity (Wildman–Crippen MR) is 91.5 cm³/mol. The van der Waals surface area contributed by atoms with Crippen LogP contribution >= 0.6 is 0 Å². The fraction of sp³-hybridized carbons (Fsp3) is 0.684. The lowest BCUT2D eigenvalue weighted by molar-refractivity contribution is 0.286. The summed E-state index contributed by atoms with van der Waals surface area (Å²) < 4.78 is 0. The molecule has 1 aliphatic carbocycles. The highest BCUT2D eigenvalue weighted by molar-refractivity contribution is 5.21. The molecule has 1 aromatic carbocycles. The normalized spacial score (nSPS) is 17.9. The van der Waals surface area contributed by atoms with E-state index in [-0.39, 0.29) is 0 Å². The zero-order chi connectivity index (χ0) is 15.1. The third-order valence-corrected chi connectivity index (χ3v) is 4.72. The van der Waals surface area contributed by atoms with E-state index >= 15 is 0 Å². The van der Waals surface area contributed by atoms with Crippen LogP contribution in [0.5, 0.6) is 0 Å². The average Bonchev–Trinajstić information content (AvgIpc) is 3.35. The van der Waals surface area contributed by atoms with Crippen molar-refractivity contribution >= 4 is 0 Å². The maximum absolute atomic E-state index is 3.89. The summed E-state index contributed by atoms with van der Waals surface area (Å²) in [5.41, 5.74) is 1.47. The maximum Gasteiger partial charge on any atom is 0.0350 e. The predicted octanol–water partition coefficient (Wildman–Crippen LogP) is 4.24. The quantitative estimate of drug-likeness (QED) is 0.693. The molecule has 2 atom stereocenters. The summed E-state index contributed by atoms with van der Waals surface area (Å²) in [5.74, 6) is 0.859. The number of nitrogens with one attached hydrogen (secondary N) is 1. The van der Waals surface area contributed by atoms with Crippen LogP contribution < -0.4 is 5.32 Å². The molecule has 1 N–H and O–H groups in total. The molecule has 0 aliphatic heterocycles. The fourth-order valence-electron chi connectivity index (χ4n) is 3.15. The molecule has 0 heterocycles. The van der Waals surface area contributed by atoms with E-state index in [9.17, 15) is 0 Å². The second-order valence-corrected chi connectivity index (χ2v) is 6.46. The molecular weight excluding hydrogens is 256 g/mol. The summed E-state index contributed by atoms with van der Waals surface area (Å²) in [5, 5.41) is 3.89. The van der Waals surface area contributed by atoms with Crippen LogP contribution in [0, 0.1) is 5.92 Å². The van der Waals surface area contributed by atoms with E-state index in [1.165, 1.54) is 50.9 Å². The third-order valence-electron chi connectivity index (χ3n) is 4.72.